The van der Waals surface area contributed by atoms with E-state index in [0.717, 1.165) is 0 Å². The van der Waals surface area contributed by atoms with Crippen LogP contribution in [0.25, 0.3) is 11.3 Å². The molecule has 0 aliphatic carbocycles. The van der Waals surface area contributed by atoms with Crippen molar-refractivity contribution in [1.29, 1.82) is 0 Å². The van der Waals surface area contributed by atoms with Crippen LogP contribution >= 0.6 is 0 Å². The van der Waals surface area contributed by atoms with Crippen LogP contribution < -0.4 is 15.0 Å². The van der Waals surface area contributed by atoms with Crippen molar-refractivity contribution in [2.75, 3.05) is 17.3 Å². The fraction of sp³-hybridized carbons (Fsp3) is 0.346. The van der Waals surface area contributed by atoms with Crippen LogP contribution in [0.1, 0.15) is 41.5 Å². The van der Waals surface area contributed by atoms with Crippen molar-refractivity contribution in [3.63, 3.8) is 0 Å². The number of pyridine rings is 1. The smallest absolute Gasteiger partial charge is 0.420 e. The predicted octanol–water partition coefficient (Wildman–Crippen LogP) is 5.97. The summed E-state index contributed by atoms with van der Waals surface area (Å²) in [6, 6.07) is 8.61. The molecule has 0 unspecified atom stereocenters. The summed E-state index contributed by atoms with van der Waals surface area (Å²) < 4.78 is 16.2. The van der Waals surface area contributed by atoms with Crippen LogP contribution in [0.15, 0.2) is 55.1 Å². The number of aromatic nitrogens is 3. The molecule has 3 aromatic rings. The Morgan fingerprint density at radius 1 is 0.861 bits per heavy atom. The van der Waals surface area contributed by atoms with Gasteiger partial charge in [0.05, 0.1) is 42.8 Å². The lowest BCUT2D eigenvalue weighted by Gasteiger charge is -2.27. The van der Waals surface area contributed by atoms with Crippen LogP contribution in [-0.2, 0) is 9.47 Å². The molecule has 2 amide bonds. The van der Waals surface area contributed by atoms with E-state index in [-0.39, 0.29) is 5.82 Å². The van der Waals surface area contributed by atoms with E-state index in [0.29, 0.717) is 28.4 Å². The van der Waals surface area contributed by atoms with Crippen LogP contribution in [-0.4, -0.2) is 45.5 Å². The molecular formula is C26H31N5O5. The number of hydrogen-bond donors (Lipinski definition) is 1. The molecule has 0 radical (unpaired) electrons. The number of amides is 2. The van der Waals surface area contributed by atoms with Gasteiger partial charge in [0.15, 0.2) is 5.82 Å². The lowest BCUT2D eigenvalue weighted by Crippen LogP contribution is -2.34. The molecule has 190 valence electrons. The van der Waals surface area contributed by atoms with Gasteiger partial charge in [-0.25, -0.2) is 19.5 Å². The number of carbonyl (C=O) groups excluding carboxylic acids is 2. The highest BCUT2D eigenvalue weighted by molar-refractivity contribution is 5.95. The Balaban J connectivity index is 1.96. The van der Waals surface area contributed by atoms with Crippen LogP contribution in [0, 0.1) is 0 Å². The van der Waals surface area contributed by atoms with Crippen LogP contribution in [0.3, 0.4) is 0 Å². The van der Waals surface area contributed by atoms with Gasteiger partial charge >= 0.3 is 12.2 Å². The van der Waals surface area contributed by atoms with Crippen molar-refractivity contribution >= 4 is 29.4 Å². The third-order valence-corrected chi connectivity index (χ3v) is 4.44. The van der Waals surface area contributed by atoms with Gasteiger partial charge in [0, 0.05) is 11.8 Å². The molecule has 2 aromatic heterocycles. The summed E-state index contributed by atoms with van der Waals surface area (Å²) in [5.74, 6) is 0.889. The van der Waals surface area contributed by atoms with Gasteiger partial charge in [0.2, 0.25) is 0 Å². The van der Waals surface area contributed by atoms with Crippen LogP contribution in [0.2, 0.25) is 0 Å². The molecule has 10 heteroatoms. The summed E-state index contributed by atoms with van der Waals surface area (Å²) in [6.07, 6.45) is 4.87. The number of nitrogens with one attached hydrogen (secondary N) is 1. The van der Waals surface area contributed by atoms with E-state index in [2.05, 4.69) is 20.3 Å². The molecule has 10 nitrogen and oxygen atoms in total. The summed E-state index contributed by atoms with van der Waals surface area (Å²) in [6.45, 7) is 10.7. The lowest BCUT2D eigenvalue weighted by molar-refractivity contribution is 0.0595. The van der Waals surface area contributed by atoms with Crippen molar-refractivity contribution in [3.05, 3.63) is 55.1 Å². The molecule has 0 saturated carbocycles. The second-order valence-corrected chi connectivity index (χ2v) is 9.87. The molecule has 0 aliphatic rings. The Kier molecular flexibility index (Phi) is 7.77. The Morgan fingerprint density at radius 2 is 1.50 bits per heavy atom. The van der Waals surface area contributed by atoms with Crippen molar-refractivity contribution < 1.29 is 23.8 Å². The summed E-state index contributed by atoms with van der Waals surface area (Å²) >= 11 is 0. The standard InChI is InChI=1S/C26H31N5O5/c1-25(2,3)35-23(32)29-18-12-17(13-27-14-18)21-15-28-16-22(30-21)31(24(33)36-26(4,5)6)19-8-10-20(34-7)11-9-19/h8-16H,1-7H3,(H,29,32). The van der Waals surface area contributed by atoms with E-state index in [1.807, 2.05) is 0 Å². The maximum Gasteiger partial charge on any atom is 0.420 e. The van der Waals surface area contributed by atoms with E-state index in [1.54, 1.807) is 91.4 Å². The molecule has 0 bridgehead atoms. The summed E-state index contributed by atoms with van der Waals surface area (Å²) in [5, 5.41) is 2.66. The molecule has 3 rings (SSSR count). The van der Waals surface area contributed by atoms with Crippen LogP contribution in [0.5, 0.6) is 5.75 Å². The number of ether oxygens (including phenoxy) is 3. The molecule has 0 fully saturated rings. The normalized spacial score (nSPS) is 11.4. The zero-order valence-corrected chi connectivity index (χ0v) is 21.5. The molecular weight excluding hydrogens is 462 g/mol. The Bertz CT molecular complexity index is 1220. The monoisotopic (exact) mass is 493 g/mol. The van der Waals surface area contributed by atoms with Gasteiger partial charge in [-0.05, 0) is 71.9 Å². The SMILES string of the molecule is COc1ccc(N(C(=O)OC(C)(C)C)c2cncc(-c3cncc(NC(=O)OC(C)(C)C)c3)n2)cc1. The van der Waals surface area contributed by atoms with Crippen molar-refractivity contribution in [2.24, 2.45) is 0 Å². The number of benzene rings is 1. The maximum absolute atomic E-state index is 13.2. The number of hydrogen-bond acceptors (Lipinski definition) is 8. The van der Waals surface area contributed by atoms with E-state index in [1.165, 1.54) is 17.3 Å². The minimum absolute atomic E-state index is 0.248. The first-order valence-corrected chi connectivity index (χ1v) is 11.3. The van der Waals surface area contributed by atoms with Gasteiger partial charge < -0.3 is 14.2 Å². The Hall–Kier alpha value is -4.21. The third kappa shape index (κ3) is 7.39. The average Bonchev–Trinajstić information content (AvgIpc) is 2.77. The second kappa shape index (κ2) is 10.6. The van der Waals surface area contributed by atoms with Gasteiger partial charge in [-0.1, -0.05) is 0 Å². The number of nitrogens with zero attached hydrogens (tertiary/aromatic N) is 4. The van der Waals surface area contributed by atoms with Crippen molar-refractivity contribution in [2.45, 2.75) is 52.7 Å². The number of carbonyl (C=O) groups is 2. The highest BCUT2D eigenvalue weighted by Crippen LogP contribution is 2.29. The topological polar surface area (TPSA) is 116 Å². The molecule has 0 aliphatic heterocycles. The van der Waals surface area contributed by atoms with E-state index >= 15 is 0 Å². The first-order valence-electron chi connectivity index (χ1n) is 11.3. The zero-order valence-electron chi connectivity index (χ0n) is 21.5. The lowest BCUT2D eigenvalue weighted by atomic mass is 10.2. The number of methoxy groups -OCH3 is 1. The van der Waals surface area contributed by atoms with Crippen molar-refractivity contribution in [1.82, 2.24) is 15.0 Å². The van der Waals surface area contributed by atoms with Gasteiger partial charge in [0.1, 0.15) is 17.0 Å². The molecule has 2 heterocycles. The molecule has 0 saturated heterocycles. The largest absolute Gasteiger partial charge is 0.497 e. The fourth-order valence-electron chi connectivity index (χ4n) is 3.04. The maximum atomic E-state index is 13.2. The summed E-state index contributed by atoms with van der Waals surface area (Å²) in [7, 11) is 1.56. The third-order valence-electron chi connectivity index (χ3n) is 4.44. The minimum Gasteiger partial charge on any atom is -0.497 e. The first kappa shape index (κ1) is 26.4. The van der Waals surface area contributed by atoms with E-state index < -0.39 is 23.4 Å². The highest BCUT2D eigenvalue weighted by atomic mass is 16.6. The molecule has 0 spiro atoms. The summed E-state index contributed by atoms with van der Waals surface area (Å²) in [4.78, 5) is 39.8. The van der Waals surface area contributed by atoms with Crippen LogP contribution in [0.4, 0.5) is 26.8 Å². The highest BCUT2D eigenvalue weighted by Gasteiger charge is 2.26. The molecule has 1 aromatic carbocycles. The van der Waals surface area contributed by atoms with Gasteiger partial charge in [0.25, 0.3) is 0 Å². The first-order chi connectivity index (χ1) is 16.8. The molecule has 36 heavy (non-hydrogen) atoms. The zero-order chi connectivity index (χ0) is 26.5. The molecule has 0 atom stereocenters. The average molecular weight is 494 g/mol. The van der Waals surface area contributed by atoms with E-state index in [9.17, 15) is 9.59 Å². The Morgan fingerprint density at radius 3 is 2.11 bits per heavy atom. The number of rotatable bonds is 5. The quantitative estimate of drug-likeness (QED) is 0.462. The predicted molar refractivity (Wildman–Crippen MR) is 136 cm³/mol. The second-order valence-electron chi connectivity index (χ2n) is 9.87. The van der Waals surface area contributed by atoms with Gasteiger partial charge in [-0.2, -0.15) is 0 Å². The van der Waals surface area contributed by atoms with E-state index in [4.69, 9.17) is 14.2 Å². The number of anilines is 3. The Labute approximate surface area is 210 Å². The van der Waals surface area contributed by atoms with Gasteiger partial charge in [-0.3, -0.25) is 15.3 Å². The summed E-state index contributed by atoms with van der Waals surface area (Å²) in [5.41, 5.74) is 0.606. The van der Waals surface area contributed by atoms with Crippen molar-refractivity contribution in [3.8, 4) is 17.0 Å². The fourth-order valence-corrected chi connectivity index (χ4v) is 3.04. The molecule has 1 N–H and O–H groups in total. The minimum atomic E-state index is -0.724. The van der Waals surface area contributed by atoms with Gasteiger partial charge in [-0.15, -0.1) is 0 Å².